The standard InChI is InChI=1S/C21H22N6O/c1-14(2)20-24-21(28-26-20)16-8-10-22-19(12-16)23-13-17-6-4-5-7-18(17)27-11-9-15(3)25-27/h4-12,14H,13H2,1-3H3,(H,22,23). The summed E-state index contributed by atoms with van der Waals surface area (Å²) in [5.74, 6) is 2.17. The van der Waals surface area contributed by atoms with Crippen molar-refractivity contribution >= 4 is 5.82 Å². The lowest BCUT2D eigenvalue weighted by Crippen LogP contribution is -2.06. The maximum absolute atomic E-state index is 5.38. The van der Waals surface area contributed by atoms with E-state index in [-0.39, 0.29) is 5.92 Å². The number of hydrogen-bond acceptors (Lipinski definition) is 6. The number of benzene rings is 1. The number of aromatic nitrogens is 5. The van der Waals surface area contributed by atoms with Gasteiger partial charge in [0.2, 0.25) is 0 Å². The lowest BCUT2D eigenvalue weighted by molar-refractivity contribution is 0.419. The highest BCUT2D eigenvalue weighted by molar-refractivity contribution is 5.58. The van der Waals surface area contributed by atoms with Gasteiger partial charge in [-0.05, 0) is 36.8 Å². The van der Waals surface area contributed by atoms with Crippen LogP contribution in [0, 0.1) is 6.92 Å². The van der Waals surface area contributed by atoms with Gasteiger partial charge in [0.1, 0.15) is 5.82 Å². The summed E-state index contributed by atoms with van der Waals surface area (Å²) in [5, 5.41) is 11.9. The van der Waals surface area contributed by atoms with Crippen LogP contribution in [0.2, 0.25) is 0 Å². The number of nitrogens with zero attached hydrogens (tertiary/aromatic N) is 5. The average Bonchev–Trinajstić information content (AvgIpc) is 3.36. The summed E-state index contributed by atoms with van der Waals surface area (Å²) in [4.78, 5) is 8.86. The van der Waals surface area contributed by atoms with Crippen LogP contribution in [-0.4, -0.2) is 24.9 Å². The fourth-order valence-corrected chi connectivity index (χ4v) is 2.87. The molecule has 28 heavy (non-hydrogen) atoms. The Bertz CT molecular complexity index is 1080. The van der Waals surface area contributed by atoms with Crippen LogP contribution in [0.4, 0.5) is 5.82 Å². The molecule has 4 aromatic rings. The maximum Gasteiger partial charge on any atom is 0.258 e. The van der Waals surface area contributed by atoms with Gasteiger partial charge in [0.15, 0.2) is 5.82 Å². The Morgan fingerprint density at radius 3 is 2.75 bits per heavy atom. The molecule has 0 radical (unpaired) electrons. The van der Waals surface area contributed by atoms with E-state index in [0.717, 1.165) is 28.3 Å². The largest absolute Gasteiger partial charge is 0.366 e. The Labute approximate surface area is 163 Å². The van der Waals surface area contributed by atoms with Gasteiger partial charge in [0.05, 0.1) is 11.4 Å². The lowest BCUT2D eigenvalue weighted by atomic mass is 10.1. The molecule has 1 aromatic carbocycles. The van der Waals surface area contributed by atoms with Crippen molar-refractivity contribution in [2.45, 2.75) is 33.2 Å². The molecule has 1 N–H and O–H groups in total. The van der Waals surface area contributed by atoms with E-state index in [1.165, 1.54) is 0 Å². The number of hydrogen-bond donors (Lipinski definition) is 1. The molecule has 0 fully saturated rings. The Kier molecular flexibility index (Phi) is 4.89. The molecule has 7 nitrogen and oxygen atoms in total. The van der Waals surface area contributed by atoms with Gasteiger partial charge in [-0.25, -0.2) is 9.67 Å². The fraction of sp³-hybridized carbons (Fsp3) is 0.238. The highest BCUT2D eigenvalue weighted by Gasteiger charge is 2.12. The first-order valence-corrected chi connectivity index (χ1v) is 9.24. The third-order valence-corrected chi connectivity index (χ3v) is 4.39. The molecule has 0 saturated heterocycles. The van der Waals surface area contributed by atoms with Gasteiger partial charge in [-0.3, -0.25) is 0 Å². The number of nitrogens with one attached hydrogen (secondary N) is 1. The summed E-state index contributed by atoms with van der Waals surface area (Å²) in [7, 11) is 0. The van der Waals surface area contributed by atoms with Crippen molar-refractivity contribution in [1.29, 1.82) is 0 Å². The second-order valence-electron chi connectivity index (χ2n) is 6.93. The molecule has 4 rings (SSSR count). The molecule has 0 aliphatic rings. The average molecular weight is 374 g/mol. The molecule has 3 aromatic heterocycles. The minimum atomic E-state index is 0.222. The smallest absolute Gasteiger partial charge is 0.258 e. The van der Waals surface area contributed by atoms with E-state index in [1.54, 1.807) is 6.20 Å². The molecule has 0 aliphatic carbocycles. The molecule has 0 spiro atoms. The Morgan fingerprint density at radius 2 is 2.00 bits per heavy atom. The second kappa shape index (κ2) is 7.64. The van der Waals surface area contributed by atoms with E-state index in [1.807, 2.05) is 62.0 Å². The molecule has 142 valence electrons. The van der Waals surface area contributed by atoms with Crippen LogP contribution in [0.5, 0.6) is 0 Å². The Hall–Kier alpha value is -3.48. The van der Waals surface area contributed by atoms with Crippen molar-refractivity contribution in [1.82, 2.24) is 24.9 Å². The maximum atomic E-state index is 5.38. The van der Waals surface area contributed by atoms with Crippen LogP contribution in [0.3, 0.4) is 0 Å². The van der Waals surface area contributed by atoms with E-state index in [0.29, 0.717) is 18.3 Å². The molecule has 0 bridgehead atoms. The summed E-state index contributed by atoms with van der Waals surface area (Å²) in [5.41, 5.74) is 3.99. The third-order valence-electron chi connectivity index (χ3n) is 4.39. The molecule has 0 aliphatic heterocycles. The predicted octanol–water partition coefficient (Wildman–Crippen LogP) is 4.36. The summed E-state index contributed by atoms with van der Waals surface area (Å²) in [6.07, 6.45) is 3.70. The van der Waals surface area contributed by atoms with Crippen molar-refractivity contribution in [3.05, 3.63) is 71.9 Å². The van der Waals surface area contributed by atoms with Gasteiger partial charge in [0.25, 0.3) is 5.89 Å². The number of anilines is 1. The molecular weight excluding hydrogens is 352 g/mol. The summed E-state index contributed by atoms with van der Waals surface area (Å²) >= 11 is 0. The summed E-state index contributed by atoms with van der Waals surface area (Å²) in [6, 6.07) is 13.9. The fourth-order valence-electron chi connectivity index (χ4n) is 2.87. The van der Waals surface area contributed by atoms with Crippen LogP contribution < -0.4 is 5.32 Å². The number of rotatable bonds is 6. The minimum absolute atomic E-state index is 0.222. The highest BCUT2D eigenvalue weighted by Crippen LogP contribution is 2.22. The van der Waals surface area contributed by atoms with E-state index in [4.69, 9.17) is 4.52 Å². The van der Waals surface area contributed by atoms with E-state index in [9.17, 15) is 0 Å². The molecule has 0 saturated carbocycles. The van der Waals surface area contributed by atoms with Crippen molar-refractivity contribution < 1.29 is 4.52 Å². The molecule has 0 amide bonds. The van der Waals surface area contributed by atoms with Gasteiger partial charge in [-0.1, -0.05) is 37.2 Å². The zero-order valence-electron chi connectivity index (χ0n) is 16.1. The summed E-state index contributed by atoms with van der Waals surface area (Å²) in [6.45, 7) is 6.67. The quantitative estimate of drug-likeness (QED) is 0.540. The van der Waals surface area contributed by atoms with Crippen molar-refractivity contribution in [3.63, 3.8) is 0 Å². The van der Waals surface area contributed by atoms with Gasteiger partial charge >= 0.3 is 0 Å². The monoisotopic (exact) mass is 374 g/mol. The topological polar surface area (TPSA) is 81.7 Å². The number of pyridine rings is 1. The Morgan fingerprint density at radius 1 is 1.14 bits per heavy atom. The number of aryl methyl sites for hydroxylation is 1. The second-order valence-corrected chi connectivity index (χ2v) is 6.93. The van der Waals surface area contributed by atoms with Crippen LogP contribution in [-0.2, 0) is 6.54 Å². The first-order valence-electron chi connectivity index (χ1n) is 9.24. The van der Waals surface area contributed by atoms with Gasteiger partial charge in [-0.2, -0.15) is 10.1 Å². The van der Waals surface area contributed by atoms with E-state index < -0.39 is 0 Å². The number of para-hydroxylation sites is 1. The van der Waals surface area contributed by atoms with Crippen LogP contribution in [0.1, 0.15) is 36.8 Å². The zero-order valence-corrected chi connectivity index (χ0v) is 16.1. The highest BCUT2D eigenvalue weighted by atomic mass is 16.5. The Balaban J connectivity index is 1.53. The third kappa shape index (κ3) is 3.78. The van der Waals surface area contributed by atoms with E-state index >= 15 is 0 Å². The van der Waals surface area contributed by atoms with E-state index in [2.05, 4.69) is 37.7 Å². The van der Waals surface area contributed by atoms with Gasteiger partial charge in [0, 0.05) is 30.4 Å². The molecule has 3 heterocycles. The van der Waals surface area contributed by atoms with Gasteiger partial charge in [-0.15, -0.1) is 0 Å². The SMILES string of the molecule is Cc1ccn(-c2ccccc2CNc2cc(-c3nc(C(C)C)no3)ccn2)n1. The molecule has 7 heteroatoms. The normalized spacial score (nSPS) is 11.1. The molecule has 0 atom stereocenters. The minimum Gasteiger partial charge on any atom is -0.366 e. The molecular formula is C21H22N6O. The zero-order chi connectivity index (χ0) is 19.5. The van der Waals surface area contributed by atoms with Gasteiger partial charge < -0.3 is 9.84 Å². The summed E-state index contributed by atoms with van der Waals surface area (Å²) < 4.78 is 7.27. The lowest BCUT2D eigenvalue weighted by Gasteiger charge is -2.11. The van der Waals surface area contributed by atoms with Crippen LogP contribution in [0.15, 0.2) is 59.4 Å². The first kappa shape index (κ1) is 17.9. The first-order chi connectivity index (χ1) is 13.6. The van der Waals surface area contributed by atoms with Crippen LogP contribution >= 0.6 is 0 Å². The van der Waals surface area contributed by atoms with Crippen molar-refractivity contribution in [2.75, 3.05) is 5.32 Å². The van der Waals surface area contributed by atoms with Crippen LogP contribution in [0.25, 0.3) is 17.1 Å². The molecule has 0 unspecified atom stereocenters. The van der Waals surface area contributed by atoms with Crippen molar-refractivity contribution in [2.24, 2.45) is 0 Å². The predicted molar refractivity (Wildman–Crippen MR) is 107 cm³/mol. The van der Waals surface area contributed by atoms with Crippen molar-refractivity contribution in [3.8, 4) is 17.1 Å².